The molecule has 0 saturated carbocycles. The molecule has 0 spiro atoms. The van der Waals surface area contributed by atoms with Gasteiger partial charge in [-0.3, -0.25) is 24.0 Å². The predicted molar refractivity (Wildman–Crippen MR) is 139 cm³/mol. The average molecular weight is 592 g/mol. The van der Waals surface area contributed by atoms with Crippen LogP contribution in [0.2, 0.25) is 0 Å². The summed E-state index contributed by atoms with van der Waals surface area (Å²) >= 11 is 0. The first-order valence-electron chi connectivity index (χ1n) is 12.8. The number of rotatable bonds is 20. The number of hydrogen-bond acceptors (Lipinski definition) is 11. The Labute approximate surface area is 236 Å². The molecule has 41 heavy (non-hydrogen) atoms. The van der Waals surface area contributed by atoms with Crippen LogP contribution >= 0.6 is 0 Å². The maximum atomic E-state index is 12.9. The molecular weight excluding hydrogens is 550 g/mol. The van der Waals surface area contributed by atoms with Gasteiger partial charge in [-0.25, -0.2) is 4.79 Å². The lowest BCUT2D eigenvalue weighted by Crippen LogP contribution is -2.57. The highest BCUT2D eigenvalue weighted by Gasteiger charge is 2.35. The van der Waals surface area contributed by atoms with Crippen molar-refractivity contribution in [2.75, 3.05) is 13.2 Å². The molecule has 17 heteroatoms. The SMILES string of the molecule is CCC(NC(=O)CCC(NC(=O)C(NC(=O)CO[C@@H]([C@H](O)[C@H](O)CO)[C@H](C=O)NC(C)=O)C(C)C)C(N)=O)C(=O)O. The molecule has 7 atom stereocenters. The van der Waals surface area contributed by atoms with E-state index in [1.165, 1.54) is 0 Å². The highest BCUT2D eigenvalue weighted by atomic mass is 16.5. The van der Waals surface area contributed by atoms with Crippen molar-refractivity contribution >= 4 is 41.8 Å². The fourth-order valence-electron chi connectivity index (χ4n) is 3.52. The van der Waals surface area contributed by atoms with Crippen LogP contribution in [0, 0.1) is 5.92 Å². The molecule has 0 rings (SSSR count). The highest BCUT2D eigenvalue weighted by Crippen LogP contribution is 2.10. The molecule has 0 fully saturated rings. The van der Waals surface area contributed by atoms with Crippen LogP contribution in [-0.4, -0.2) is 118 Å². The van der Waals surface area contributed by atoms with Gasteiger partial charge in [-0.2, -0.15) is 0 Å². The number of amides is 5. The zero-order valence-electron chi connectivity index (χ0n) is 23.4. The van der Waals surface area contributed by atoms with Gasteiger partial charge in [0.1, 0.15) is 55.4 Å². The lowest BCUT2D eigenvalue weighted by Gasteiger charge is -2.30. The van der Waals surface area contributed by atoms with Gasteiger partial charge in [0.2, 0.25) is 29.5 Å². The van der Waals surface area contributed by atoms with Crippen LogP contribution in [0.15, 0.2) is 0 Å². The molecule has 0 aliphatic rings. The fraction of sp³-hybridized carbons (Fsp3) is 0.708. The number of nitrogens with one attached hydrogen (secondary N) is 4. The molecule has 0 saturated heterocycles. The van der Waals surface area contributed by atoms with E-state index in [9.17, 15) is 43.8 Å². The molecule has 0 heterocycles. The van der Waals surface area contributed by atoms with Crippen molar-refractivity contribution in [3.05, 3.63) is 0 Å². The van der Waals surface area contributed by atoms with E-state index in [0.29, 0.717) is 0 Å². The van der Waals surface area contributed by atoms with E-state index in [1.54, 1.807) is 20.8 Å². The number of nitrogens with two attached hydrogens (primary N) is 1. The van der Waals surface area contributed by atoms with Gasteiger partial charge in [-0.1, -0.05) is 20.8 Å². The van der Waals surface area contributed by atoms with E-state index in [1.807, 2.05) is 0 Å². The first-order valence-corrected chi connectivity index (χ1v) is 12.8. The maximum Gasteiger partial charge on any atom is 0.326 e. The number of hydrogen-bond donors (Lipinski definition) is 9. The number of aldehydes is 1. The average Bonchev–Trinajstić information content (AvgIpc) is 2.90. The third kappa shape index (κ3) is 13.5. The number of aliphatic hydroxyl groups excluding tert-OH is 3. The van der Waals surface area contributed by atoms with Crippen LogP contribution in [0.3, 0.4) is 0 Å². The maximum absolute atomic E-state index is 12.9. The zero-order valence-corrected chi connectivity index (χ0v) is 23.4. The predicted octanol–water partition coefficient (Wildman–Crippen LogP) is -4.34. The molecule has 17 nitrogen and oxygen atoms in total. The largest absolute Gasteiger partial charge is 0.480 e. The summed E-state index contributed by atoms with van der Waals surface area (Å²) < 4.78 is 5.27. The Kier molecular flexibility index (Phi) is 17.0. The van der Waals surface area contributed by atoms with Gasteiger partial charge in [0.25, 0.3) is 0 Å². The monoisotopic (exact) mass is 591 g/mol. The van der Waals surface area contributed by atoms with E-state index >= 15 is 0 Å². The van der Waals surface area contributed by atoms with Gasteiger partial charge in [0.05, 0.1) is 6.61 Å². The molecule has 5 amide bonds. The molecular formula is C24H41N5O12. The number of carbonyl (C=O) groups is 7. The summed E-state index contributed by atoms with van der Waals surface area (Å²) in [6.07, 6.45) is -5.59. The molecule has 0 aromatic rings. The van der Waals surface area contributed by atoms with Crippen molar-refractivity contribution in [2.45, 2.75) is 89.4 Å². The minimum absolute atomic E-state index is 0.126. The number of ether oxygens (including phenoxy) is 1. The Morgan fingerprint density at radius 3 is 2.00 bits per heavy atom. The van der Waals surface area contributed by atoms with Crippen molar-refractivity contribution in [1.29, 1.82) is 0 Å². The summed E-state index contributed by atoms with van der Waals surface area (Å²) in [5, 5.41) is 47.3. The van der Waals surface area contributed by atoms with Crippen molar-refractivity contribution in [1.82, 2.24) is 21.3 Å². The van der Waals surface area contributed by atoms with Crippen LogP contribution in [0.25, 0.3) is 0 Å². The molecule has 0 aliphatic carbocycles. The van der Waals surface area contributed by atoms with Crippen LogP contribution < -0.4 is 27.0 Å². The van der Waals surface area contributed by atoms with Crippen molar-refractivity contribution < 1.29 is 58.7 Å². The van der Waals surface area contributed by atoms with Crippen LogP contribution in [0.1, 0.15) is 47.0 Å². The fourth-order valence-corrected chi connectivity index (χ4v) is 3.52. The summed E-state index contributed by atoms with van der Waals surface area (Å²) in [5.41, 5.74) is 5.34. The smallest absolute Gasteiger partial charge is 0.326 e. The first-order chi connectivity index (χ1) is 19.1. The third-order valence-corrected chi connectivity index (χ3v) is 5.82. The van der Waals surface area contributed by atoms with Gasteiger partial charge in [-0.15, -0.1) is 0 Å². The Morgan fingerprint density at radius 1 is 0.951 bits per heavy atom. The number of aliphatic hydroxyl groups is 3. The number of carbonyl (C=O) groups excluding carboxylic acids is 6. The molecule has 0 radical (unpaired) electrons. The molecule has 0 bridgehead atoms. The second kappa shape index (κ2) is 18.6. The molecule has 0 aliphatic heterocycles. The second-order valence-corrected chi connectivity index (χ2v) is 9.54. The molecule has 3 unspecified atom stereocenters. The highest BCUT2D eigenvalue weighted by molar-refractivity contribution is 5.92. The van der Waals surface area contributed by atoms with E-state index < -0.39 is 97.1 Å². The Balaban J connectivity index is 5.40. The lowest BCUT2D eigenvalue weighted by molar-refractivity contribution is -0.147. The van der Waals surface area contributed by atoms with E-state index in [4.69, 9.17) is 20.7 Å². The first kappa shape index (κ1) is 37.3. The summed E-state index contributed by atoms with van der Waals surface area (Å²) in [5.74, 6) is -5.89. The number of carboxylic acids is 1. The van der Waals surface area contributed by atoms with Gasteiger partial charge >= 0.3 is 5.97 Å². The molecule has 0 aromatic carbocycles. The minimum atomic E-state index is -1.89. The standard InChI is InChI=1S/C24H41N5O12/c1-5-13(24(39)40)27-17(34)7-6-14(22(25)37)28-23(38)19(11(2)3)29-18(35)10-41-21(20(36)16(33)9-31)15(8-30)26-12(4)32/h8,11,13-16,19-21,31,33,36H,5-7,9-10H2,1-4H3,(H2,25,37)(H,26,32)(H,27,34)(H,28,38)(H,29,35)(H,39,40)/t13?,14?,15-,16+,19?,20+,21+/m0/s1. The Bertz CT molecular complexity index is 931. The number of primary amides is 1. The van der Waals surface area contributed by atoms with Crippen LogP contribution in [0.5, 0.6) is 0 Å². The van der Waals surface area contributed by atoms with Crippen molar-refractivity contribution in [3.8, 4) is 0 Å². The van der Waals surface area contributed by atoms with Crippen molar-refractivity contribution in [2.24, 2.45) is 11.7 Å². The van der Waals surface area contributed by atoms with E-state index in [2.05, 4.69) is 21.3 Å². The summed E-state index contributed by atoms with van der Waals surface area (Å²) in [7, 11) is 0. The Hall–Kier alpha value is -3.67. The van der Waals surface area contributed by atoms with Gasteiger partial charge in [0.15, 0.2) is 0 Å². The zero-order chi connectivity index (χ0) is 31.9. The summed E-state index contributed by atoms with van der Waals surface area (Å²) in [6.45, 7) is 3.99. The normalized spacial score (nSPS) is 16.2. The summed E-state index contributed by atoms with van der Waals surface area (Å²) in [6, 6.07) is -5.21. The molecule has 10 N–H and O–H groups in total. The molecule has 0 aromatic heterocycles. The van der Waals surface area contributed by atoms with E-state index in [-0.39, 0.29) is 25.5 Å². The second-order valence-electron chi connectivity index (χ2n) is 9.54. The third-order valence-electron chi connectivity index (χ3n) is 5.82. The van der Waals surface area contributed by atoms with Crippen molar-refractivity contribution in [3.63, 3.8) is 0 Å². The Morgan fingerprint density at radius 2 is 1.56 bits per heavy atom. The van der Waals surface area contributed by atoms with Gasteiger partial charge < -0.3 is 57.0 Å². The van der Waals surface area contributed by atoms with Gasteiger partial charge in [-0.05, 0) is 18.8 Å². The van der Waals surface area contributed by atoms with Crippen LogP contribution in [-0.2, 0) is 38.3 Å². The quantitative estimate of drug-likeness (QED) is 0.0607. The topological polar surface area (TPSA) is 284 Å². The number of carboxylic acid groups (broad SMARTS) is 1. The van der Waals surface area contributed by atoms with E-state index in [0.717, 1.165) is 6.92 Å². The summed E-state index contributed by atoms with van der Waals surface area (Å²) in [4.78, 5) is 83.4. The van der Waals surface area contributed by atoms with Gasteiger partial charge in [0, 0.05) is 13.3 Å². The number of aliphatic carboxylic acids is 1. The van der Waals surface area contributed by atoms with Crippen LogP contribution in [0.4, 0.5) is 0 Å². The lowest BCUT2D eigenvalue weighted by atomic mass is 10.0. The minimum Gasteiger partial charge on any atom is -0.480 e. The molecule has 234 valence electrons.